The Morgan fingerprint density at radius 2 is 2.46 bits per heavy atom. The van der Waals surface area contributed by atoms with Gasteiger partial charge in [0, 0.05) is 12.8 Å². The van der Waals surface area contributed by atoms with Crippen molar-refractivity contribution >= 4 is 6.08 Å². The predicted molar refractivity (Wildman–Crippen MR) is 49.7 cm³/mol. The minimum atomic E-state index is 0.146. The summed E-state index contributed by atoms with van der Waals surface area (Å²) in [6.45, 7) is 0.146. The van der Waals surface area contributed by atoms with E-state index >= 15 is 0 Å². The third-order valence-corrected chi connectivity index (χ3v) is 1.50. The first kappa shape index (κ1) is 9.43. The Morgan fingerprint density at radius 3 is 3.15 bits per heavy atom. The Kier molecular flexibility index (Phi) is 3.68. The Hall–Kier alpha value is -1.66. The first-order valence-electron chi connectivity index (χ1n) is 4.00. The molecule has 0 fully saturated rings. The maximum atomic E-state index is 8.56. The zero-order chi connectivity index (χ0) is 9.52. The van der Waals surface area contributed by atoms with Gasteiger partial charge in [0.2, 0.25) is 0 Å². The molecule has 0 unspecified atom stereocenters. The molecule has 66 valence electrons. The van der Waals surface area contributed by atoms with Crippen molar-refractivity contribution < 1.29 is 5.11 Å². The average molecular weight is 174 g/mol. The van der Waals surface area contributed by atoms with Gasteiger partial charge < -0.3 is 5.11 Å². The van der Waals surface area contributed by atoms with E-state index in [9.17, 15) is 0 Å². The zero-order valence-corrected chi connectivity index (χ0v) is 7.14. The lowest BCUT2D eigenvalue weighted by Gasteiger charge is -1.92. The molecule has 0 bridgehead atoms. The maximum Gasteiger partial charge on any atom is 0.141 e. The summed E-state index contributed by atoms with van der Waals surface area (Å²) in [5.74, 6) is 0. The largest absolute Gasteiger partial charge is 0.396 e. The van der Waals surface area contributed by atoms with Crippen LogP contribution >= 0.6 is 0 Å². The van der Waals surface area contributed by atoms with Gasteiger partial charge in [-0.15, -0.1) is 0 Å². The molecule has 0 radical (unpaired) electrons. The molecule has 1 heterocycles. The molecule has 0 aromatic carbocycles. The summed E-state index contributed by atoms with van der Waals surface area (Å²) in [5.41, 5.74) is 1.34. The van der Waals surface area contributed by atoms with Crippen LogP contribution in [0.3, 0.4) is 0 Å². The number of pyridine rings is 1. The van der Waals surface area contributed by atoms with Gasteiger partial charge in [0.05, 0.1) is 0 Å². The highest BCUT2D eigenvalue weighted by Crippen LogP contribution is 2.03. The van der Waals surface area contributed by atoms with Crippen molar-refractivity contribution in [1.82, 2.24) is 4.98 Å². The number of aliphatic hydroxyl groups is 1. The van der Waals surface area contributed by atoms with Gasteiger partial charge in [0.1, 0.15) is 11.8 Å². The Labute approximate surface area is 77.0 Å². The van der Waals surface area contributed by atoms with Gasteiger partial charge in [0.15, 0.2) is 0 Å². The van der Waals surface area contributed by atoms with Crippen LogP contribution in [-0.2, 0) is 0 Å². The van der Waals surface area contributed by atoms with Crippen LogP contribution in [0, 0.1) is 11.3 Å². The van der Waals surface area contributed by atoms with Crippen molar-refractivity contribution in [3.8, 4) is 6.07 Å². The molecule has 1 aromatic heterocycles. The van der Waals surface area contributed by atoms with Crippen molar-refractivity contribution in [2.75, 3.05) is 6.61 Å². The van der Waals surface area contributed by atoms with Crippen molar-refractivity contribution in [3.63, 3.8) is 0 Å². The summed E-state index contributed by atoms with van der Waals surface area (Å²) in [5, 5.41) is 17.1. The summed E-state index contributed by atoms with van der Waals surface area (Å²) in [4.78, 5) is 3.84. The Morgan fingerprint density at radius 1 is 1.62 bits per heavy atom. The van der Waals surface area contributed by atoms with Crippen LogP contribution in [0.5, 0.6) is 0 Å². The fraction of sp³-hybridized carbons (Fsp3) is 0.200. The maximum absolute atomic E-state index is 8.56. The lowest BCUT2D eigenvalue weighted by Crippen LogP contribution is -1.82. The van der Waals surface area contributed by atoms with E-state index in [0.717, 1.165) is 5.56 Å². The number of hydrogen-bond donors (Lipinski definition) is 1. The third-order valence-electron chi connectivity index (χ3n) is 1.50. The van der Waals surface area contributed by atoms with Crippen LogP contribution in [0.2, 0.25) is 0 Å². The Balaban J connectivity index is 2.73. The van der Waals surface area contributed by atoms with E-state index in [4.69, 9.17) is 10.4 Å². The van der Waals surface area contributed by atoms with Crippen LogP contribution in [0.4, 0.5) is 0 Å². The lowest BCUT2D eigenvalue weighted by molar-refractivity contribution is 0.303. The molecule has 13 heavy (non-hydrogen) atoms. The van der Waals surface area contributed by atoms with Crippen LogP contribution in [-0.4, -0.2) is 16.7 Å². The molecule has 0 atom stereocenters. The lowest BCUT2D eigenvalue weighted by atomic mass is 10.2. The monoisotopic (exact) mass is 174 g/mol. The fourth-order valence-electron chi connectivity index (χ4n) is 0.906. The average Bonchev–Trinajstić information content (AvgIpc) is 2.19. The van der Waals surface area contributed by atoms with Gasteiger partial charge in [-0.1, -0.05) is 12.2 Å². The molecular formula is C10H10N2O. The highest BCUT2D eigenvalue weighted by Gasteiger charge is 1.91. The molecule has 1 aromatic rings. The van der Waals surface area contributed by atoms with Gasteiger partial charge in [0.25, 0.3) is 0 Å². The molecule has 0 saturated heterocycles. The second-order valence-electron chi connectivity index (χ2n) is 2.50. The van der Waals surface area contributed by atoms with Crippen LogP contribution < -0.4 is 0 Å². The quantitative estimate of drug-likeness (QED) is 0.752. The van der Waals surface area contributed by atoms with Crippen molar-refractivity contribution in [2.45, 2.75) is 6.42 Å². The number of nitriles is 1. The number of rotatable bonds is 3. The summed E-state index contributed by atoms with van der Waals surface area (Å²) in [6.07, 6.45) is 5.94. The van der Waals surface area contributed by atoms with Crippen molar-refractivity contribution in [1.29, 1.82) is 5.26 Å². The van der Waals surface area contributed by atoms with E-state index in [1.54, 1.807) is 12.3 Å². The fourth-order valence-corrected chi connectivity index (χ4v) is 0.906. The molecule has 0 saturated carbocycles. The van der Waals surface area contributed by atoms with Crippen molar-refractivity contribution in [2.24, 2.45) is 0 Å². The van der Waals surface area contributed by atoms with Crippen molar-refractivity contribution in [3.05, 3.63) is 35.7 Å². The molecule has 0 spiro atoms. The van der Waals surface area contributed by atoms with E-state index < -0.39 is 0 Å². The first-order chi connectivity index (χ1) is 6.36. The number of nitrogens with zero attached hydrogens (tertiary/aromatic N) is 2. The van der Waals surface area contributed by atoms with E-state index in [-0.39, 0.29) is 6.61 Å². The number of hydrogen-bond acceptors (Lipinski definition) is 3. The first-order valence-corrected chi connectivity index (χ1v) is 4.00. The topological polar surface area (TPSA) is 56.9 Å². The van der Waals surface area contributed by atoms with E-state index in [1.807, 2.05) is 24.3 Å². The van der Waals surface area contributed by atoms with Crippen LogP contribution in [0.15, 0.2) is 24.4 Å². The molecule has 0 aliphatic rings. The van der Waals surface area contributed by atoms with E-state index in [2.05, 4.69) is 4.98 Å². The number of aliphatic hydroxyl groups excluding tert-OH is 1. The highest BCUT2D eigenvalue weighted by molar-refractivity contribution is 5.50. The zero-order valence-electron chi connectivity index (χ0n) is 7.14. The summed E-state index contributed by atoms with van der Waals surface area (Å²) in [6, 6.07) is 5.48. The third kappa shape index (κ3) is 3.06. The van der Waals surface area contributed by atoms with E-state index in [0.29, 0.717) is 12.1 Å². The second-order valence-corrected chi connectivity index (χ2v) is 2.50. The molecule has 3 heteroatoms. The minimum absolute atomic E-state index is 0.146. The molecule has 0 amide bonds. The molecule has 1 N–H and O–H groups in total. The molecular weight excluding hydrogens is 164 g/mol. The van der Waals surface area contributed by atoms with Gasteiger partial charge in [-0.2, -0.15) is 5.26 Å². The van der Waals surface area contributed by atoms with Gasteiger partial charge in [-0.05, 0) is 24.1 Å². The molecule has 3 nitrogen and oxygen atoms in total. The summed E-state index contributed by atoms with van der Waals surface area (Å²) < 4.78 is 0. The Bertz CT molecular complexity index is 339. The minimum Gasteiger partial charge on any atom is -0.396 e. The smallest absolute Gasteiger partial charge is 0.141 e. The second kappa shape index (κ2) is 5.07. The predicted octanol–water partition coefficient (Wildman–Crippen LogP) is 1.35. The number of aromatic nitrogens is 1. The molecule has 0 aliphatic carbocycles. The SMILES string of the molecule is N#Cc1cc(C=CCCO)ccn1. The molecule has 0 aliphatic heterocycles. The van der Waals surface area contributed by atoms with Crippen LogP contribution in [0.1, 0.15) is 17.7 Å². The van der Waals surface area contributed by atoms with Gasteiger partial charge in [-0.25, -0.2) is 4.98 Å². The summed E-state index contributed by atoms with van der Waals surface area (Å²) >= 11 is 0. The standard InChI is InChI=1S/C10H10N2O/c11-8-10-7-9(4-5-12-10)3-1-2-6-13/h1,3-5,7,13H,2,6H2. The van der Waals surface area contributed by atoms with Gasteiger partial charge in [-0.3, -0.25) is 0 Å². The highest BCUT2D eigenvalue weighted by atomic mass is 16.2. The van der Waals surface area contributed by atoms with Gasteiger partial charge >= 0.3 is 0 Å². The van der Waals surface area contributed by atoms with Crippen LogP contribution in [0.25, 0.3) is 6.08 Å². The summed E-state index contributed by atoms with van der Waals surface area (Å²) in [7, 11) is 0. The normalized spacial score (nSPS) is 10.2. The van der Waals surface area contributed by atoms with E-state index in [1.165, 1.54) is 0 Å². The molecule has 1 rings (SSSR count).